The molecule has 0 saturated carbocycles. The number of aromatic nitrogens is 2. The zero-order chi connectivity index (χ0) is 24.6. The summed E-state index contributed by atoms with van der Waals surface area (Å²) in [5.41, 5.74) is 2.30. The number of rotatable bonds is 10. The predicted molar refractivity (Wildman–Crippen MR) is 148 cm³/mol. The number of piperidine rings is 1. The third kappa shape index (κ3) is 7.57. The van der Waals surface area contributed by atoms with Crippen LogP contribution in [0.25, 0.3) is 0 Å². The minimum Gasteiger partial charge on any atom is -0.340 e. The van der Waals surface area contributed by atoms with E-state index in [9.17, 15) is 4.39 Å². The molecule has 186 valence electrons. The van der Waals surface area contributed by atoms with E-state index in [4.69, 9.17) is 0 Å². The third-order valence-corrected chi connectivity index (χ3v) is 7.82. The van der Waals surface area contributed by atoms with E-state index < -0.39 is 0 Å². The SMILES string of the molecule is CSCCN(C)C1CCN(Sc2ccc(Nc3nccc(Nc4ccc(F)c(C)c4)n3)cc2)CC1. The highest BCUT2D eigenvalue weighted by atomic mass is 32.2. The molecule has 0 unspecified atom stereocenters. The molecule has 1 saturated heterocycles. The Morgan fingerprint density at radius 2 is 1.80 bits per heavy atom. The van der Waals surface area contributed by atoms with Crippen molar-refractivity contribution in [3.63, 3.8) is 0 Å². The van der Waals surface area contributed by atoms with Crippen molar-refractivity contribution in [2.24, 2.45) is 0 Å². The lowest BCUT2D eigenvalue weighted by Gasteiger charge is -2.36. The molecule has 1 aliphatic heterocycles. The fourth-order valence-corrected chi connectivity index (χ4v) is 5.45. The van der Waals surface area contributed by atoms with Crippen LogP contribution < -0.4 is 10.6 Å². The lowest BCUT2D eigenvalue weighted by atomic mass is 10.1. The topological polar surface area (TPSA) is 56.3 Å². The molecule has 1 fully saturated rings. The average molecular weight is 513 g/mol. The van der Waals surface area contributed by atoms with E-state index in [0.717, 1.165) is 24.5 Å². The number of aryl methyl sites for hydroxylation is 1. The third-order valence-electron chi connectivity index (χ3n) is 6.13. The minimum atomic E-state index is -0.221. The summed E-state index contributed by atoms with van der Waals surface area (Å²) in [5.74, 6) is 2.12. The van der Waals surface area contributed by atoms with Crippen molar-refractivity contribution in [2.75, 3.05) is 49.3 Å². The molecule has 35 heavy (non-hydrogen) atoms. The van der Waals surface area contributed by atoms with Crippen LogP contribution in [0.2, 0.25) is 0 Å². The zero-order valence-electron chi connectivity index (χ0n) is 20.5. The van der Waals surface area contributed by atoms with E-state index in [1.54, 1.807) is 31.3 Å². The van der Waals surface area contributed by atoms with Crippen LogP contribution in [0, 0.1) is 12.7 Å². The van der Waals surface area contributed by atoms with Gasteiger partial charge in [0.2, 0.25) is 5.95 Å². The van der Waals surface area contributed by atoms with Gasteiger partial charge >= 0.3 is 0 Å². The van der Waals surface area contributed by atoms with Crippen LogP contribution >= 0.6 is 23.7 Å². The van der Waals surface area contributed by atoms with E-state index in [1.165, 1.54) is 36.1 Å². The number of nitrogens with one attached hydrogen (secondary N) is 2. The second-order valence-electron chi connectivity index (χ2n) is 8.73. The van der Waals surface area contributed by atoms with E-state index in [1.807, 2.05) is 23.7 Å². The van der Waals surface area contributed by atoms with Crippen molar-refractivity contribution >= 4 is 46.9 Å². The zero-order valence-corrected chi connectivity index (χ0v) is 22.1. The molecule has 0 amide bonds. The monoisotopic (exact) mass is 512 g/mol. The maximum atomic E-state index is 13.5. The van der Waals surface area contributed by atoms with Gasteiger partial charge in [0.05, 0.1) is 0 Å². The van der Waals surface area contributed by atoms with Crippen LogP contribution in [0.15, 0.2) is 59.6 Å². The highest BCUT2D eigenvalue weighted by molar-refractivity contribution is 7.98. The molecule has 0 bridgehead atoms. The number of hydrogen-bond acceptors (Lipinski definition) is 8. The number of benzene rings is 2. The van der Waals surface area contributed by atoms with Gasteiger partial charge in [-0.25, -0.2) is 13.7 Å². The Labute approximate surface area is 216 Å². The van der Waals surface area contributed by atoms with Gasteiger partial charge in [0.1, 0.15) is 11.6 Å². The Morgan fingerprint density at radius 3 is 2.51 bits per heavy atom. The van der Waals surface area contributed by atoms with E-state index >= 15 is 0 Å². The van der Waals surface area contributed by atoms with Crippen LogP contribution in [0.4, 0.5) is 27.5 Å². The molecule has 6 nitrogen and oxygen atoms in total. The molecule has 0 radical (unpaired) electrons. The van der Waals surface area contributed by atoms with Gasteiger partial charge in [0, 0.05) is 53.9 Å². The van der Waals surface area contributed by atoms with Gasteiger partial charge in [-0.15, -0.1) is 0 Å². The molecule has 9 heteroatoms. The first-order valence-electron chi connectivity index (χ1n) is 11.9. The summed E-state index contributed by atoms with van der Waals surface area (Å²) in [6, 6.07) is 15.8. The predicted octanol–water partition coefficient (Wildman–Crippen LogP) is 6.18. The van der Waals surface area contributed by atoms with Crippen LogP contribution in [0.1, 0.15) is 18.4 Å². The van der Waals surface area contributed by atoms with Gasteiger partial charge in [-0.3, -0.25) is 0 Å². The molecule has 1 aliphatic rings. The number of halogens is 1. The summed E-state index contributed by atoms with van der Waals surface area (Å²) in [5, 5.41) is 6.47. The molecule has 1 aromatic heterocycles. The molecular weight excluding hydrogens is 479 g/mol. The first-order chi connectivity index (χ1) is 17.0. The fourth-order valence-electron chi connectivity index (χ4n) is 4.03. The first-order valence-corrected chi connectivity index (χ1v) is 14.0. The van der Waals surface area contributed by atoms with Gasteiger partial charge in [0.25, 0.3) is 0 Å². The van der Waals surface area contributed by atoms with Gasteiger partial charge in [0.15, 0.2) is 0 Å². The Balaban J connectivity index is 1.28. The molecule has 2 aromatic carbocycles. The smallest absolute Gasteiger partial charge is 0.229 e. The average Bonchev–Trinajstić information content (AvgIpc) is 2.87. The molecule has 4 rings (SSSR count). The first kappa shape index (κ1) is 25.8. The number of hydrogen-bond donors (Lipinski definition) is 2. The van der Waals surface area contributed by atoms with Crippen LogP contribution in [-0.4, -0.2) is 63.9 Å². The maximum absolute atomic E-state index is 13.5. The van der Waals surface area contributed by atoms with Crippen LogP contribution in [0.3, 0.4) is 0 Å². The highest BCUT2D eigenvalue weighted by Gasteiger charge is 2.22. The Hall–Kier alpha value is -2.33. The lowest BCUT2D eigenvalue weighted by Crippen LogP contribution is -2.41. The number of anilines is 4. The van der Waals surface area contributed by atoms with E-state index in [-0.39, 0.29) is 5.82 Å². The molecule has 3 aromatic rings. The summed E-state index contributed by atoms with van der Waals surface area (Å²) in [7, 11) is 2.26. The summed E-state index contributed by atoms with van der Waals surface area (Å²) in [4.78, 5) is 12.6. The minimum absolute atomic E-state index is 0.221. The van der Waals surface area contributed by atoms with Gasteiger partial charge in [-0.1, -0.05) is 0 Å². The van der Waals surface area contributed by atoms with Crippen molar-refractivity contribution in [2.45, 2.75) is 30.7 Å². The fraction of sp³-hybridized carbons (Fsp3) is 0.385. The summed E-state index contributed by atoms with van der Waals surface area (Å²) in [6.07, 6.45) is 6.31. The van der Waals surface area contributed by atoms with Crippen molar-refractivity contribution in [1.29, 1.82) is 0 Å². The van der Waals surface area contributed by atoms with E-state index in [0.29, 0.717) is 23.4 Å². The highest BCUT2D eigenvalue weighted by Crippen LogP contribution is 2.29. The molecule has 2 heterocycles. The Kier molecular flexibility index (Phi) is 9.25. The normalized spacial score (nSPS) is 14.9. The van der Waals surface area contributed by atoms with E-state index in [2.05, 4.69) is 67.4 Å². The van der Waals surface area contributed by atoms with Crippen LogP contribution in [-0.2, 0) is 0 Å². The summed E-state index contributed by atoms with van der Waals surface area (Å²) in [6.45, 7) is 5.13. The quantitative estimate of drug-likeness (QED) is 0.313. The molecule has 2 N–H and O–H groups in total. The number of thioether (sulfide) groups is 1. The van der Waals surface area contributed by atoms with Crippen molar-refractivity contribution in [1.82, 2.24) is 19.2 Å². The standard InChI is InChI=1S/C26H33FN6S2/c1-19-18-21(6-9-24(19)27)29-25-10-13-28-26(31-25)30-20-4-7-23(8-5-20)35-33-14-11-22(12-15-33)32(2)16-17-34-3/h4-10,13,18,22H,11-12,14-17H2,1-3H3,(H2,28,29,30,31). The summed E-state index contributed by atoms with van der Waals surface area (Å²) >= 11 is 3.75. The lowest BCUT2D eigenvalue weighted by molar-refractivity contribution is 0.181. The van der Waals surface area contributed by atoms with Crippen molar-refractivity contribution < 1.29 is 4.39 Å². The molecule has 0 aliphatic carbocycles. The Bertz CT molecular complexity index is 1090. The van der Waals surface area contributed by atoms with Gasteiger partial charge in [-0.05, 0) is 99.1 Å². The maximum Gasteiger partial charge on any atom is 0.229 e. The van der Waals surface area contributed by atoms with Crippen molar-refractivity contribution in [3.05, 3.63) is 66.1 Å². The molecular formula is C26H33FN6S2. The van der Waals surface area contributed by atoms with Crippen molar-refractivity contribution in [3.8, 4) is 0 Å². The molecule has 0 atom stereocenters. The molecule has 0 spiro atoms. The second kappa shape index (κ2) is 12.6. The largest absolute Gasteiger partial charge is 0.340 e. The van der Waals surface area contributed by atoms with Gasteiger partial charge < -0.3 is 15.5 Å². The second-order valence-corrected chi connectivity index (χ2v) is 10.9. The van der Waals surface area contributed by atoms with Gasteiger partial charge in [-0.2, -0.15) is 16.7 Å². The summed E-state index contributed by atoms with van der Waals surface area (Å²) < 4.78 is 16.0. The Morgan fingerprint density at radius 1 is 1.06 bits per heavy atom. The number of nitrogens with zero attached hydrogens (tertiary/aromatic N) is 4. The van der Waals surface area contributed by atoms with Crippen LogP contribution in [0.5, 0.6) is 0 Å².